The van der Waals surface area contributed by atoms with Crippen molar-refractivity contribution in [3.8, 4) is 5.75 Å². The van der Waals surface area contributed by atoms with E-state index in [4.69, 9.17) is 16.3 Å². The maximum atomic E-state index is 13.2. The quantitative estimate of drug-likeness (QED) is 0.656. The van der Waals surface area contributed by atoms with Crippen LogP contribution < -0.4 is 10.1 Å². The number of carbonyl (C=O) groups is 2. The van der Waals surface area contributed by atoms with Crippen molar-refractivity contribution in [2.24, 2.45) is 5.92 Å². The minimum atomic E-state index is -3.89. The summed E-state index contributed by atoms with van der Waals surface area (Å²) in [6.45, 7) is 0.347. The number of hydrogen-bond acceptors (Lipinski definition) is 6. The Labute approximate surface area is 186 Å². The van der Waals surface area contributed by atoms with Gasteiger partial charge in [-0.1, -0.05) is 11.6 Å². The zero-order chi connectivity index (χ0) is 22.6. The number of esters is 1. The molecule has 1 aliphatic rings. The number of hydrogen-bond donors (Lipinski definition) is 1. The molecule has 31 heavy (non-hydrogen) atoms. The second kappa shape index (κ2) is 9.67. The highest BCUT2D eigenvalue weighted by Gasteiger charge is 2.35. The Morgan fingerprint density at radius 1 is 1.13 bits per heavy atom. The number of ether oxygens (including phenoxy) is 2. The van der Waals surface area contributed by atoms with Crippen molar-refractivity contribution >= 4 is 39.2 Å². The van der Waals surface area contributed by atoms with Crippen LogP contribution in [0.25, 0.3) is 0 Å². The van der Waals surface area contributed by atoms with Gasteiger partial charge in [-0.15, -0.1) is 0 Å². The van der Waals surface area contributed by atoms with Crippen LogP contribution >= 0.6 is 11.6 Å². The molecule has 1 saturated heterocycles. The third-order valence-electron chi connectivity index (χ3n) is 5.07. The molecule has 1 heterocycles. The number of nitrogens with zero attached hydrogens (tertiary/aromatic N) is 1. The van der Waals surface area contributed by atoms with Crippen molar-refractivity contribution in [2.45, 2.75) is 17.7 Å². The smallest absolute Gasteiger partial charge is 0.337 e. The lowest BCUT2D eigenvalue weighted by atomic mass is 9.98. The average Bonchev–Trinajstić information content (AvgIpc) is 2.79. The molecule has 3 rings (SSSR count). The van der Waals surface area contributed by atoms with Gasteiger partial charge in [-0.3, -0.25) is 4.79 Å². The summed E-state index contributed by atoms with van der Waals surface area (Å²) < 4.78 is 37.5. The predicted octanol–water partition coefficient (Wildman–Crippen LogP) is 3.17. The van der Waals surface area contributed by atoms with Crippen molar-refractivity contribution < 1.29 is 27.5 Å². The minimum Gasteiger partial charge on any atom is -0.495 e. The van der Waals surface area contributed by atoms with Crippen LogP contribution in [0.1, 0.15) is 23.2 Å². The minimum absolute atomic E-state index is 0.0260. The van der Waals surface area contributed by atoms with Crippen molar-refractivity contribution in [2.75, 3.05) is 32.6 Å². The number of piperidine rings is 1. The van der Waals surface area contributed by atoms with Crippen LogP contribution in [-0.2, 0) is 19.6 Å². The zero-order valence-corrected chi connectivity index (χ0v) is 18.7. The summed E-state index contributed by atoms with van der Waals surface area (Å²) >= 11 is 6.00. The van der Waals surface area contributed by atoms with E-state index in [-0.39, 0.29) is 28.1 Å². The molecule has 8 nitrogen and oxygen atoms in total. The fraction of sp³-hybridized carbons (Fsp3) is 0.333. The van der Waals surface area contributed by atoms with Gasteiger partial charge < -0.3 is 14.8 Å². The lowest BCUT2D eigenvalue weighted by Gasteiger charge is -2.31. The van der Waals surface area contributed by atoms with E-state index in [1.165, 1.54) is 30.7 Å². The molecule has 10 heteroatoms. The van der Waals surface area contributed by atoms with Gasteiger partial charge in [0.25, 0.3) is 0 Å². The van der Waals surface area contributed by atoms with Gasteiger partial charge in [0.05, 0.1) is 25.7 Å². The number of nitrogens with one attached hydrogen (secondary N) is 1. The van der Waals surface area contributed by atoms with Crippen molar-refractivity contribution in [1.82, 2.24) is 4.31 Å². The Bertz CT molecular complexity index is 1070. The zero-order valence-electron chi connectivity index (χ0n) is 17.1. The Balaban J connectivity index is 1.73. The molecular formula is C21H23ClN2O6S. The first-order valence-electron chi connectivity index (χ1n) is 9.59. The van der Waals surface area contributed by atoms with Gasteiger partial charge in [0.15, 0.2) is 0 Å². The molecule has 1 N–H and O–H groups in total. The first-order valence-corrected chi connectivity index (χ1v) is 11.4. The summed E-state index contributed by atoms with van der Waals surface area (Å²) in [6.07, 6.45) is 1.10. The number of rotatable bonds is 6. The molecule has 2 aromatic carbocycles. The highest BCUT2D eigenvalue weighted by atomic mass is 35.5. The normalized spacial score (nSPS) is 17.1. The third-order valence-corrected chi connectivity index (χ3v) is 7.19. The lowest BCUT2D eigenvalue weighted by Crippen LogP contribution is -2.43. The largest absolute Gasteiger partial charge is 0.495 e. The van der Waals surface area contributed by atoms with Crippen molar-refractivity contribution in [3.63, 3.8) is 0 Å². The number of amides is 1. The van der Waals surface area contributed by atoms with Gasteiger partial charge >= 0.3 is 5.97 Å². The van der Waals surface area contributed by atoms with Crippen LogP contribution in [0.3, 0.4) is 0 Å². The molecule has 1 fully saturated rings. The highest BCUT2D eigenvalue weighted by molar-refractivity contribution is 7.89. The number of benzene rings is 2. The van der Waals surface area contributed by atoms with Gasteiger partial charge in [-0.05, 0) is 55.3 Å². The SMILES string of the molecule is COC(=O)c1ccc(NC(=O)[C@@H]2CCCN(S(=O)(=O)c3cc(Cl)ccc3OC)C2)cc1. The number of methoxy groups -OCH3 is 2. The summed E-state index contributed by atoms with van der Waals surface area (Å²) in [6, 6.07) is 10.7. The monoisotopic (exact) mass is 466 g/mol. The van der Waals surface area contributed by atoms with E-state index in [2.05, 4.69) is 10.1 Å². The average molecular weight is 467 g/mol. The number of halogens is 1. The van der Waals surface area contributed by atoms with Crippen LogP contribution in [0.15, 0.2) is 47.4 Å². The molecule has 2 aromatic rings. The summed E-state index contributed by atoms with van der Waals surface area (Å²) in [5, 5.41) is 3.06. The van der Waals surface area contributed by atoms with E-state index in [1.807, 2.05) is 0 Å². The molecule has 166 valence electrons. The molecule has 0 unspecified atom stereocenters. The Morgan fingerprint density at radius 3 is 2.48 bits per heavy atom. The van der Waals surface area contributed by atoms with E-state index >= 15 is 0 Å². The molecule has 0 saturated carbocycles. The number of sulfonamides is 1. The molecule has 0 spiro atoms. The Hall–Kier alpha value is -2.62. The first-order chi connectivity index (χ1) is 14.8. The molecule has 0 bridgehead atoms. The van der Waals surface area contributed by atoms with Crippen molar-refractivity contribution in [1.29, 1.82) is 0 Å². The molecule has 1 amide bonds. The van der Waals surface area contributed by atoms with Crippen LogP contribution in [0.4, 0.5) is 5.69 Å². The summed E-state index contributed by atoms with van der Waals surface area (Å²) in [4.78, 5) is 24.3. The summed E-state index contributed by atoms with van der Waals surface area (Å²) in [5.41, 5.74) is 0.875. The molecule has 0 aliphatic carbocycles. The molecule has 0 aromatic heterocycles. The lowest BCUT2D eigenvalue weighted by molar-refractivity contribution is -0.120. The molecule has 1 atom stereocenters. The van der Waals surface area contributed by atoms with Crippen LogP contribution in [-0.4, -0.2) is 51.9 Å². The molecule has 1 aliphatic heterocycles. The van der Waals surface area contributed by atoms with Gasteiger partial charge in [0, 0.05) is 23.8 Å². The second-order valence-corrected chi connectivity index (χ2v) is 9.40. The Morgan fingerprint density at radius 2 is 1.84 bits per heavy atom. The Kier molecular flexibility index (Phi) is 7.19. The highest BCUT2D eigenvalue weighted by Crippen LogP contribution is 2.32. The van der Waals surface area contributed by atoms with Crippen molar-refractivity contribution in [3.05, 3.63) is 53.1 Å². The van der Waals surface area contributed by atoms with E-state index in [1.54, 1.807) is 30.3 Å². The topological polar surface area (TPSA) is 102 Å². The van der Waals surface area contributed by atoms with Gasteiger partial charge in [-0.25, -0.2) is 13.2 Å². The van der Waals surface area contributed by atoms with Gasteiger partial charge in [-0.2, -0.15) is 4.31 Å². The van der Waals surface area contributed by atoms with E-state index in [0.29, 0.717) is 30.6 Å². The molecule has 0 radical (unpaired) electrons. The van der Waals surface area contributed by atoms with E-state index in [0.717, 1.165) is 0 Å². The van der Waals surface area contributed by atoms with Crippen LogP contribution in [0.5, 0.6) is 5.75 Å². The van der Waals surface area contributed by atoms with E-state index in [9.17, 15) is 18.0 Å². The summed E-state index contributed by atoms with van der Waals surface area (Å²) in [7, 11) is -1.21. The van der Waals surface area contributed by atoms with Gasteiger partial charge in [0.2, 0.25) is 15.9 Å². The maximum Gasteiger partial charge on any atom is 0.337 e. The maximum absolute atomic E-state index is 13.2. The van der Waals surface area contributed by atoms with Gasteiger partial charge in [0.1, 0.15) is 10.6 Å². The van der Waals surface area contributed by atoms with Crippen LogP contribution in [0.2, 0.25) is 5.02 Å². The predicted molar refractivity (Wildman–Crippen MR) is 116 cm³/mol. The second-order valence-electron chi connectivity index (χ2n) is 7.06. The standard InChI is InChI=1S/C21H23ClN2O6S/c1-29-18-10-7-16(22)12-19(18)31(27,28)24-11-3-4-15(13-24)20(25)23-17-8-5-14(6-9-17)21(26)30-2/h5-10,12,15H,3-4,11,13H2,1-2H3,(H,23,25)/t15-/m1/s1. The van der Waals surface area contributed by atoms with Crippen LogP contribution in [0, 0.1) is 5.92 Å². The number of carbonyl (C=O) groups excluding carboxylic acids is 2. The summed E-state index contributed by atoms with van der Waals surface area (Å²) in [5.74, 6) is -1.08. The molecular weight excluding hydrogens is 444 g/mol. The van der Waals surface area contributed by atoms with E-state index < -0.39 is 21.9 Å². The fourth-order valence-corrected chi connectivity index (χ4v) is 5.36. The third kappa shape index (κ3) is 5.17. The first kappa shape index (κ1) is 23.1. The number of anilines is 1. The fourth-order valence-electron chi connectivity index (χ4n) is 3.42.